The summed E-state index contributed by atoms with van der Waals surface area (Å²) < 4.78 is 25.6. The molecule has 3 atom stereocenters. The predicted molar refractivity (Wildman–Crippen MR) is 156 cm³/mol. The van der Waals surface area contributed by atoms with Crippen LogP contribution in [0.4, 0.5) is 5.95 Å². The van der Waals surface area contributed by atoms with Gasteiger partial charge in [-0.2, -0.15) is 10.1 Å². The molecule has 43 heavy (non-hydrogen) atoms. The predicted octanol–water partition coefficient (Wildman–Crippen LogP) is 3.70. The first-order valence-corrected chi connectivity index (χ1v) is 13.8. The first-order valence-electron chi connectivity index (χ1n) is 13.5. The number of hydrogen-bond donors (Lipinski definition) is 1. The van der Waals surface area contributed by atoms with Crippen LogP contribution in [0.25, 0.3) is 10.9 Å². The number of ketones is 2. The highest BCUT2D eigenvalue weighted by Crippen LogP contribution is 2.55. The lowest BCUT2D eigenvalue weighted by Crippen LogP contribution is -2.58. The third kappa shape index (κ3) is 3.46. The van der Waals surface area contributed by atoms with Gasteiger partial charge in [-0.3, -0.25) is 14.4 Å². The van der Waals surface area contributed by atoms with Crippen LogP contribution in [0.3, 0.4) is 0 Å². The molecule has 13 heteroatoms. The van der Waals surface area contributed by atoms with Gasteiger partial charge in [0.05, 0.1) is 26.8 Å². The maximum Gasteiger partial charge on any atom is 0.256 e. The minimum Gasteiger partial charge on any atom is -0.497 e. The maximum atomic E-state index is 14.9. The van der Waals surface area contributed by atoms with Crippen LogP contribution in [0, 0.1) is 5.92 Å². The van der Waals surface area contributed by atoms with Crippen molar-refractivity contribution in [1.82, 2.24) is 19.3 Å². The summed E-state index contributed by atoms with van der Waals surface area (Å²) in [6.45, 7) is 1.77. The first kappa shape index (κ1) is 27.0. The van der Waals surface area contributed by atoms with Crippen LogP contribution in [0.1, 0.15) is 35.3 Å². The van der Waals surface area contributed by atoms with E-state index in [1.54, 1.807) is 39.3 Å². The molecule has 2 aromatic carbocycles. The van der Waals surface area contributed by atoms with Crippen molar-refractivity contribution in [3.63, 3.8) is 0 Å². The second-order valence-corrected chi connectivity index (χ2v) is 11.1. The summed E-state index contributed by atoms with van der Waals surface area (Å²) in [5.74, 6) is -0.407. The van der Waals surface area contributed by atoms with Crippen molar-refractivity contribution in [3.05, 3.63) is 74.4 Å². The molecule has 4 aromatic rings. The van der Waals surface area contributed by atoms with Gasteiger partial charge < -0.3 is 28.8 Å². The molecular weight excluding hydrogens is 578 g/mol. The van der Waals surface area contributed by atoms with Gasteiger partial charge >= 0.3 is 0 Å². The van der Waals surface area contributed by atoms with E-state index in [1.807, 2.05) is 6.07 Å². The van der Waals surface area contributed by atoms with Crippen LogP contribution in [-0.2, 0) is 11.8 Å². The highest BCUT2D eigenvalue weighted by atomic mass is 35.5. The van der Waals surface area contributed by atoms with E-state index in [0.29, 0.717) is 22.9 Å². The Morgan fingerprint density at radius 2 is 1.81 bits per heavy atom. The van der Waals surface area contributed by atoms with E-state index >= 15 is 0 Å². The van der Waals surface area contributed by atoms with E-state index in [1.165, 1.54) is 35.9 Å². The van der Waals surface area contributed by atoms with Gasteiger partial charge in [-0.15, -0.1) is 0 Å². The Balaban J connectivity index is 1.44. The third-order valence-corrected chi connectivity index (χ3v) is 9.00. The van der Waals surface area contributed by atoms with E-state index < -0.39 is 29.1 Å². The van der Waals surface area contributed by atoms with Gasteiger partial charge in [0.1, 0.15) is 40.2 Å². The first-order chi connectivity index (χ1) is 20.7. The zero-order valence-corrected chi connectivity index (χ0v) is 24.6. The number of aromatic nitrogens is 4. The number of hydrogen-bond acceptors (Lipinski definition) is 10. The minimum absolute atomic E-state index is 0.0180. The number of benzene rings is 2. The van der Waals surface area contributed by atoms with Crippen LogP contribution < -0.4 is 29.8 Å². The van der Waals surface area contributed by atoms with Crippen LogP contribution in [0.15, 0.2) is 52.7 Å². The minimum atomic E-state index is -1.96. The van der Waals surface area contributed by atoms with Crippen molar-refractivity contribution in [3.8, 4) is 23.0 Å². The summed E-state index contributed by atoms with van der Waals surface area (Å²) in [5.41, 5.74) is -0.599. The number of Topliss-reactive ketones (excluding diaryl/α,β-unsaturated/α-hetero) is 2. The number of pyridine rings is 1. The molecule has 1 aliphatic carbocycles. The Kier molecular flexibility index (Phi) is 5.86. The van der Waals surface area contributed by atoms with E-state index in [4.69, 9.17) is 30.5 Å². The van der Waals surface area contributed by atoms with Crippen molar-refractivity contribution >= 4 is 40.0 Å². The molecule has 7 rings (SSSR count). The summed E-state index contributed by atoms with van der Waals surface area (Å²) in [4.78, 5) is 47.5. The molecular formula is C30H26ClN5O7. The summed E-state index contributed by atoms with van der Waals surface area (Å²) in [6.07, 6.45) is 1.59. The Hall–Kier alpha value is -4.84. The topological polar surface area (TPSA) is 136 Å². The van der Waals surface area contributed by atoms with E-state index in [-0.39, 0.29) is 51.0 Å². The number of aryl methyl sites for hydroxylation is 1. The SMILES string of the molecule is COc1ccc2cc(C3C4=C(CC(C)C5(Oc6c(Cl)c(OC)cc(OC)c6C5=O)C4=O)Nc4ncnn43)c(=O)n(C)c2c1. The van der Waals surface area contributed by atoms with Crippen molar-refractivity contribution < 1.29 is 28.5 Å². The zero-order valence-electron chi connectivity index (χ0n) is 23.9. The number of fused-ring (bicyclic) bond motifs is 3. The zero-order chi connectivity index (χ0) is 30.4. The van der Waals surface area contributed by atoms with E-state index in [9.17, 15) is 14.4 Å². The fourth-order valence-electron chi connectivity index (χ4n) is 6.47. The Bertz CT molecular complexity index is 2000. The molecule has 4 heterocycles. The highest BCUT2D eigenvalue weighted by molar-refractivity contribution is 6.36. The van der Waals surface area contributed by atoms with Gasteiger partial charge in [-0.1, -0.05) is 18.5 Å². The molecule has 0 saturated heterocycles. The smallest absolute Gasteiger partial charge is 0.256 e. The van der Waals surface area contributed by atoms with Crippen LogP contribution in [0.2, 0.25) is 5.02 Å². The average Bonchev–Trinajstić information content (AvgIpc) is 3.60. The third-order valence-electron chi connectivity index (χ3n) is 8.64. The number of anilines is 1. The number of ether oxygens (including phenoxy) is 4. The molecule has 0 amide bonds. The fourth-order valence-corrected chi connectivity index (χ4v) is 6.73. The number of nitrogens with one attached hydrogen (secondary N) is 1. The lowest BCUT2D eigenvalue weighted by molar-refractivity contribution is -0.130. The fraction of sp³-hybridized carbons (Fsp3) is 0.300. The molecule has 0 saturated carbocycles. The standard InChI is InChI=1S/C30H26ClN5O7/c1-13-8-17-21(26(37)30(13)27(38)22-19(41-4)11-20(42-5)23(31)25(22)43-30)24(36-29(34-17)32-12-33-36)16-9-14-6-7-15(40-3)10-18(14)35(2)28(16)39/h6-7,9-13,24H,8H2,1-5H3,(H,32,33,34). The number of nitrogens with zero attached hydrogens (tertiary/aromatic N) is 4. The molecule has 0 bridgehead atoms. The molecule has 1 N–H and O–H groups in total. The van der Waals surface area contributed by atoms with Gasteiger partial charge in [-0.25, -0.2) is 4.68 Å². The lowest BCUT2D eigenvalue weighted by atomic mass is 9.69. The van der Waals surface area contributed by atoms with Crippen molar-refractivity contribution in [2.75, 3.05) is 26.6 Å². The van der Waals surface area contributed by atoms with Crippen LogP contribution in [0.5, 0.6) is 23.0 Å². The van der Waals surface area contributed by atoms with E-state index in [2.05, 4.69) is 15.4 Å². The molecule has 2 aliphatic heterocycles. The molecule has 0 fully saturated rings. The molecule has 0 radical (unpaired) electrons. The number of halogens is 1. The molecule has 2 aromatic heterocycles. The van der Waals surface area contributed by atoms with E-state index in [0.717, 1.165) is 5.39 Å². The second-order valence-electron chi connectivity index (χ2n) is 10.7. The summed E-state index contributed by atoms with van der Waals surface area (Å²) in [7, 11) is 6.05. The number of methoxy groups -OCH3 is 3. The monoisotopic (exact) mass is 603 g/mol. The number of rotatable bonds is 4. The molecule has 1 spiro atoms. The maximum absolute atomic E-state index is 14.9. The summed E-state index contributed by atoms with van der Waals surface area (Å²) in [6, 6.07) is 7.63. The number of carbonyl (C=O) groups is 2. The van der Waals surface area contributed by atoms with Crippen LogP contribution in [-0.4, -0.2) is 57.8 Å². The number of carbonyl (C=O) groups excluding carboxylic acids is 2. The van der Waals surface area contributed by atoms with Gasteiger partial charge in [-0.05, 0) is 30.0 Å². The van der Waals surface area contributed by atoms with Gasteiger partial charge in [0, 0.05) is 41.9 Å². The van der Waals surface area contributed by atoms with Crippen LogP contribution >= 0.6 is 11.6 Å². The number of allylic oxidation sites excluding steroid dienone is 1. The molecule has 220 valence electrons. The van der Waals surface area contributed by atoms with Gasteiger partial charge in [0.2, 0.25) is 23.1 Å². The van der Waals surface area contributed by atoms with Gasteiger partial charge in [0.15, 0.2) is 5.75 Å². The molecule has 3 aliphatic rings. The summed E-state index contributed by atoms with van der Waals surface area (Å²) >= 11 is 6.61. The largest absolute Gasteiger partial charge is 0.497 e. The van der Waals surface area contributed by atoms with Crippen molar-refractivity contribution in [2.45, 2.75) is 25.0 Å². The Labute approximate surface area is 249 Å². The quantitative estimate of drug-likeness (QED) is 0.344. The summed E-state index contributed by atoms with van der Waals surface area (Å²) in [5, 5.41) is 8.39. The normalized spacial score (nSPS) is 22.2. The van der Waals surface area contributed by atoms with Crippen molar-refractivity contribution in [1.29, 1.82) is 0 Å². The Morgan fingerprint density at radius 1 is 1.05 bits per heavy atom. The average molecular weight is 604 g/mol. The highest BCUT2D eigenvalue weighted by Gasteiger charge is 2.64. The molecule has 12 nitrogen and oxygen atoms in total. The van der Waals surface area contributed by atoms with Gasteiger partial charge in [0.25, 0.3) is 5.56 Å². The lowest BCUT2D eigenvalue weighted by Gasteiger charge is -2.41. The Morgan fingerprint density at radius 3 is 2.53 bits per heavy atom. The van der Waals surface area contributed by atoms with Crippen molar-refractivity contribution in [2.24, 2.45) is 13.0 Å². The second kappa shape index (κ2) is 9.33. The molecule has 3 unspecified atom stereocenters.